The van der Waals surface area contributed by atoms with E-state index < -0.39 is 151 Å². The van der Waals surface area contributed by atoms with Gasteiger partial charge in [0.15, 0.2) is 0 Å². The van der Waals surface area contributed by atoms with E-state index in [-0.39, 0.29) is 56.1 Å². The average molecular weight is 1100 g/mol. The number of likely N-dealkylation sites (tertiary alicyclic amines) is 1. The van der Waals surface area contributed by atoms with Crippen molar-refractivity contribution in [3.05, 3.63) is 29.8 Å². The number of primary amides is 2. The van der Waals surface area contributed by atoms with E-state index in [9.17, 15) is 71.0 Å². The van der Waals surface area contributed by atoms with Gasteiger partial charge in [0, 0.05) is 31.6 Å². The summed E-state index contributed by atoms with van der Waals surface area (Å²) >= 11 is 1.16. The number of carbonyl (C=O) groups is 12. The van der Waals surface area contributed by atoms with Gasteiger partial charge in [-0.1, -0.05) is 46.2 Å². The predicted octanol–water partition coefficient (Wildman–Crippen LogP) is -1.27. The summed E-state index contributed by atoms with van der Waals surface area (Å²) in [5.41, 5.74) is 11.2. The second kappa shape index (κ2) is 31.6. The van der Waals surface area contributed by atoms with Crippen LogP contribution >= 0.6 is 11.8 Å². The maximum absolute atomic E-state index is 14.5. The van der Waals surface area contributed by atoms with Gasteiger partial charge in [-0.25, -0.2) is 4.79 Å². The topological polar surface area (TPSA) is 394 Å². The highest BCUT2D eigenvalue weighted by molar-refractivity contribution is 7.99. The van der Waals surface area contributed by atoms with Gasteiger partial charge in [-0.3, -0.25) is 52.7 Å². The van der Waals surface area contributed by atoms with Crippen LogP contribution in [-0.2, 0) is 64.0 Å². The summed E-state index contributed by atoms with van der Waals surface area (Å²) in [5.74, 6) is -12.2. The van der Waals surface area contributed by atoms with E-state index in [1.54, 1.807) is 38.1 Å². The number of amides is 10. The molecular formula is C47H69F3N10O15S. The molecule has 10 amide bonds. The van der Waals surface area contributed by atoms with Gasteiger partial charge in [0.2, 0.25) is 59.1 Å². The first-order valence-electron chi connectivity index (χ1n) is 24.3. The van der Waals surface area contributed by atoms with Crippen LogP contribution in [0.4, 0.5) is 13.2 Å². The molecule has 0 bridgehead atoms. The summed E-state index contributed by atoms with van der Waals surface area (Å²) in [6.07, 6.45) is -5.64. The number of nitrogens with one attached hydrogen (secondary N) is 7. The Labute approximate surface area is 440 Å². The first-order valence-corrected chi connectivity index (χ1v) is 25.4. The van der Waals surface area contributed by atoms with Crippen LogP contribution in [0.25, 0.3) is 0 Å². The highest BCUT2D eigenvalue weighted by Crippen LogP contribution is 2.22. The lowest BCUT2D eigenvalue weighted by Gasteiger charge is -2.31. The van der Waals surface area contributed by atoms with Crippen molar-refractivity contribution in [3.8, 4) is 5.75 Å². The van der Waals surface area contributed by atoms with E-state index >= 15 is 0 Å². The number of nitrogens with zero attached hydrogens (tertiary/aromatic N) is 1. The molecule has 0 aliphatic carbocycles. The van der Waals surface area contributed by atoms with Crippen molar-refractivity contribution in [2.75, 3.05) is 31.7 Å². The van der Waals surface area contributed by atoms with Crippen LogP contribution in [0.5, 0.6) is 5.75 Å². The molecule has 2 fully saturated rings. The molecule has 2 aliphatic rings. The number of hydrogen-bond donors (Lipinski definition) is 11. The molecule has 1 aromatic carbocycles. The molecule has 25 nitrogen and oxygen atoms in total. The minimum Gasteiger partial charge on any atom is -0.497 e. The second-order valence-corrected chi connectivity index (χ2v) is 19.5. The molecular weight excluding hydrogens is 1030 g/mol. The Morgan fingerprint density at radius 3 is 2.00 bits per heavy atom. The van der Waals surface area contributed by atoms with Crippen LogP contribution in [0.2, 0.25) is 0 Å². The molecule has 2 saturated heterocycles. The third kappa shape index (κ3) is 22.7. The summed E-state index contributed by atoms with van der Waals surface area (Å²) < 4.78 is 37.0. The molecule has 0 saturated carbocycles. The minimum absolute atomic E-state index is 0.0135. The fourth-order valence-corrected chi connectivity index (χ4v) is 8.63. The van der Waals surface area contributed by atoms with Crippen LogP contribution in [0.15, 0.2) is 24.3 Å². The highest BCUT2D eigenvalue weighted by Gasteiger charge is 2.41. The van der Waals surface area contributed by atoms with E-state index in [1.807, 2.05) is 13.8 Å². The molecule has 2 aliphatic heterocycles. The Morgan fingerprint density at radius 1 is 0.842 bits per heavy atom. The summed E-state index contributed by atoms with van der Waals surface area (Å²) in [7, 11) is 1.50. The van der Waals surface area contributed by atoms with Crippen molar-refractivity contribution >= 4 is 82.8 Å². The number of benzene rings is 1. The van der Waals surface area contributed by atoms with E-state index in [0.29, 0.717) is 24.2 Å². The first kappa shape index (κ1) is 64.9. The van der Waals surface area contributed by atoms with Crippen molar-refractivity contribution < 1.29 is 85.7 Å². The summed E-state index contributed by atoms with van der Waals surface area (Å²) in [4.78, 5) is 156. The fourth-order valence-electron chi connectivity index (χ4n) is 7.66. The molecule has 1 aromatic rings. The Balaban J connectivity index is 0.00000263. The van der Waals surface area contributed by atoms with E-state index in [4.69, 9.17) is 26.1 Å². The number of alkyl halides is 3. The Bertz CT molecular complexity index is 2240. The first-order chi connectivity index (χ1) is 35.6. The number of carbonyl (C=O) groups excluding carboxylic acids is 10. The SMILES string of the molecule is CC[C@H](C)[C@@H]1NC(=O)[C@H](Cc2ccc(OC)cc2)NC(=O)CCCSC[C@@H](C(=O)N2CCC[C@H]2C(=O)N[C@@H](CC(C)C)C(=O)NCC(N)=O)NC(=O)[C@H](CC(=O)O)NC(=O)[C@H](CCC(N)=O)NC1=O.O=C(O)C(F)(F)F. The van der Waals surface area contributed by atoms with Crippen molar-refractivity contribution in [1.82, 2.24) is 42.1 Å². The lowest BCUT2D eigenvalue weighted by molar-refractivity contribution is -0.192. The van der Waals surface area contributed by atoms with Gasteiger partial charge in [0.1, 0.15) is 48.0 Å². The van der Waals surface area contributed by atoms with Crippen LogP contribution in [0.3, 0.4) is 0 Å². The average Bonchev–Trinajstić information content (AvgIpc) is 3.84. The molecule has 0 radical (unpaired) electrons. The zero-order valence-corrected chi connectivity index (χ0v) is 43.6. The number of aliphatic carboxylic acids is 2. The molecule has 0 aromatic heterocycles. The zero-order chi connectivity index (χ0) is 57.4. The maximum Gasteiger partial charge on any atom is 0.490 e. The Morgan fingerprint density at radius 2 is 1.45 bits per heavy atom. The third-order valence-corrected chi connectivity index (χ3v) is 13.0. The van der Waals surface area contributed by atoms with Crippen LogP contribution < -0.4 is 53.4 Å². The monoisotopic (exact) mass is 1100 g/mol. The van der Waals surface area contributed by atoms with Crippen LogP contribution in [0.1, 0.15) is 91.0 Å². The molecule has 76 heavy (non-hydrogen) atoms. The fraction of sp³-hybridized carbons (Fsp3) is 0.617. The van der Waals surface area contributed by atoms with Gasteiger partial charge in [0.25, 0.3) is 0 Å². The third-order valence-electron chi connectivity index (χ3n) is 11.8. The molecule has 13 N–H and O–H groups in total. The number of ether oxygens (including phenoxy) is 1. The molecule has 0 spiro atoms. The van der Waals surface area contributed by atoms with E-state index in [1.165, 1.54) is 12.0 Å². The molecule has 8 atom stereocenters. The smallest absolute Gasteiger partial charge is 0.490 e. The quantitative estimate of drug-likeness (QED) is 0.0817. The zero-order valence-electron chi connectivity index (χ0n) is 42.8. The van der Waals surface area contributed by atoms with Crippen molar-refractivity contribution in [2.45, 2.75) is 140 Å². The lowest BCUT2D eigenvalue weighted by Crippen LogP contribution is -2.61. The molecule has 0 unspecified atom stereocenters. The van der Waals surface area contributed by atoms with Gasteiger partial charge in [-0.2, -0.15) is 24.9 Å². The second-order valence-electron chi connectivity index (χ2n) is 18.4. The van der Waals surface area contributed by atoms with Crippen molar-refractivity contribution in [3.63, 3.8) is 0 Å². The van der Waals surface area contributed by atoms with Crippen LogP contribution in [-0.4, -0.2) is 166 Å². The number of methoxy groups -OCH3 is 1. The largest absolute Gasteiger partial charge is 0.497 e. The Hall–Kier alpha value is -7.20. The normalized spacial score (nSPS) is 22.1. The number of halogens is 3. The summed E-state index contributed by atoms with van der Waals surface area (Å²) in [6, 6.07) is -2.70. The lowest BCUT2D eigenvalue weighted by atomic mass is 9.96. The van der Waals surface area contributed by atoms with Crippen LogP contribution in [0, 0.1) is 11.8 Å². The van der Waals surface area contributed by atoms with Gasteiger partial charge in [-0.15, -0.1) is 0 Å². The highest BCUT2D eigenvalue weighted by atomic mass is 32.2. The number of nitrogens with two attached hydrogens (primary N) is 2. The maximum atomic E-state index is 14.5. The molecule has 2 heterocycles. The van der Waals surface area contributed by atoms with Gasteiger partial charge in [0.05, 0.1) is 20.1 Å². The van der Waals surface area contributed by atoms with Crippen molar-refractivity contribution in [1.29, 1.82) is 0 Å². The molecule has 29 heteroatoms. The standard InChI is InChI=1S/C45H68N10O13S.C2HF3O2/c1-6-25(4)38-44(66)50-28(15-16-34(46)56)40(62)51-31(21-37(59)60)41(63)53-32(23-69-18-8-10-36(58)49-30(42(64)54-38)20-26-11-13-27(68-5)14-12-26)45(67)55-17-7-9-33(55)43(65)52-29(19-24(2)3)39(61)48-22-35(47)57;3-2(4,5)1(6)7/h11-14,24-25,28-33,38H,6-10,15-23H2,1-5H3,(H2,46,56)(H2,47,57)(H,48,61)(H,49,58)(H,50,66)(H,51,62)(H,52,65)(H,53,63)(H,54,64)(H,59,60);(H,6,7)/t25-,28-,29-,30-,31-,32-,33-,38-;/m0./s1. The number of carboxylic acid groups (broad SMARTS) is 2. The van der Waals surface area contributed by atoms with Crippen molar-refractivity contribution in [2.24, 2.45) is 23.3 Å². The minimum atomic E-state index is -5.08. The summed E-state index contributed by atoms with van der Waals surface area (Å²) in [5, 5.41) is 35.0. The molecule has 3 rings (SSSR count). The van der Waals surface area contributed by atoms with E-state index in [2.05, 4.69) is 37.2 Å². The van der Waals surface area contributed by atoms with Gasteiger partial charge < -0.3 is 68.5 Å². The predicted molar refractivity (Wildman–Crippen MR) is 265 cm³/mol. The number of hydrogen-bond acceptors (Lipinski definition) is 14. The Kier molecular flexibility index (Phi) is 27.0. The van der Waals surface area contributed by atoms with Gasteiger partial charge >= 0.3 is 18.1 Å². The van der Waals surface area contributed by atoms with E-state index in [0.717, 1.165) is 11.8 Å². The molecule has 424 valence electrons. The van der Waals surface area contributed by atoms with Gasteiger partial charge in [-0.05, 0) is 67.4 Å². The number of carboxylic acids is 2. The number of rotatable bonds is 18. The number of thioether (sulfide) groups is 1. The summed E-state index contributed by atoms with van der Waals surface area (Å²) in [6.45, 7) is 6.68.